The van der Waals surface area contributed by atoms with Crippen molar-refractivity contribution in [2.45, 2.75) is 18.9 Å². The fourth-order valence-electron chi connectivity index (χ4n) is 1.97. The van der Waals surface area contributed by atoms with E-state index in [9.17, 15) is 0 Å². The van der Waals surface area contributed by atoms with Gasteiger partial charge in [0.05, 0.1) is 24.3 Å². The van der Waals surface area contributed by atoms with E-state index in [0.29, 0.717) is 6.04 Å². The Morgan fingerprint density at radius 2 is 2.18 bits per heavy atom. The average molecular weight is 233 g/mol. The van der Waals surface area contributed by atoms with Gasteiger partial charge in [0.2, 0.25) is 0 Å². The molecule has 0 spiro atoms. The molecule has 92 valence electrons. The van der Waals surface area contributed by atoms with Gasteiger partial charge in [-0.2, -0.15) is 5.10 Å². The Bertz CT molecular complexity index is 471. The Morgan fingerprint density at radius 3 is 2.71 bits per heavy atom. The fourth-order valence-corrected chi connectivity index (χ4v) is 1.97. The number of nitrogens with zero attached hydrogens (tertiary/aromatic N) is 4. The molecule has 2 rings (SSSR count). The first kappa shape index (κ1) is 11.9. The second-order valence-electron chi connectivity index (χ2n) is 4.37. The average Bonchev–Trinajstić information content (AvgIpc) is 2.89. The summed E-state index contributed by atoms with van der Waals surface area (Å²) in [6.07, 6.45) is 9.92. The lowest BCUT2D eigenvalue weighted by Crippen LogP contribution is -2.17. The highest BCUT2D eigenvalue weighted by Gasteiger charge is 2.12. The molecule has 17 heavy (non-hydrogen) atoms. The Labute approximate surface area is 101 Å². The van der Waals surface area contributed by atoms with Gasteiger partial charge in [0.15, 0.2) is 0 Å². The van der Waals surface area contributed by atoms with E-state index in [1.165, 1.54) is 5.56 Å². The number of rotatable bonds is 5. The van der Waals surface area contributed by atoms with Crippen molar-refractivity contribution in [2.24, 2.45) is 14.1 Å². The summed E-state index contributed by atoms with van der Waals surface area (Å²) in [5.41, 5.74) is 2.36. The van der Waals surface area contributed by atoms with Crippen molar-refractivity contribution >= 4 is 0 Å². The molecule has 0 fully saturated rings. The molecule has 0 amide bonds. The Morgan fingerprint density at radius 1 is 1.35 bits per heavy atom. The van der Waals surface area contributed by atoms with Gasteiger partial charge >= 0.3 is 0 Å². The highest BCUT2D eigenvalue weighted by Crippen LogP contribution is 2.16. The topological polar surface area (TPSA) is 47.7 Å². The van der Waals surface area contributed by atoms with Gasteiger partial charge in [-0.3, -0.25) is 4.68 Å². The first-order valence-electron chi connectivity index (χ1n) is 5.81. The third-order valence-corrected chi connectivity index (χ3v) is 2.91. The van der Waals surface area contributed by atoms with Crippen LogP contribution in [0.5, 0.6) is 0 Å². The molecule has 2 aromatic heterocycles. The minimum absolute atomic E-state index is 0.302. The molecule has 0 saturated heterocycles. The van der Waals surface area contributed by atoms with Gasteiger partial charge in [-0.15, -0.1) is 0 Å². The monoisotopic (exact) mass is 233 g/mol. The van der Waals surface area contributed by atoms with Crippen LogP contribution in [0.4, 0.5) is 0 Å². The van der Waals surface area contributed by atoms with Gasteiger partial charge in [-0.1, -0.05) is 0 Å². The molecule has 1 N–H and O–H groups in total. The molecule has 0 aliphatic carbocycles. The maximum atomic E-state index is 4.38. The van der Waals surface area contributed by atoms with Gasteiger partial charge in [0.25, 0.3) is 0 Å². The second-order valence-corrected chi connectivity index (χ2v) is 4.37. The van der Waals surface area contributed by atoms with E-state index in [1.54, 1.807) is 0 Å². The second kappa shape index (κ2) is 5.14. The van der Waals surface area contributed by atoms with Gasteiger partial charge in [-0.05, 0) is 25.5 Å². The van der Waals surface area contributed by atoms with Crippen LogP contribution < -0.4 is 5.32 Å². The van der Waals surface area contributed by atoms with Crippen LogP contribution >= 0.6 is 0 Å². The quantitative estimate of drug-likeness (QED) is 0.839. The van der Waals surface area contributed by atoms with Crippen LogP contribution in [0.2, 0.25) is 0 Å². The van der Waals surface area contributed by atoms with Crippen LogP contribution in [0.25, 0.3) is 0 Å². The number of nitrogens with one attached hydrogen (secondary N) is 1. The van der Waals surface area contributed by atoms with Gasteiger partial charge in [0.1, 0.15) is 0 Å². The maximum absolute atomic E-state index is 4.38. The molecule has 5 heteroatoms. The van der Waals surface area contributed by atoms with Crippen molar-refractivity contribution in [3.05, 3.63) is 36.2 Å². The van der Waals surface area contributed by atoms with E-state index >= 15 is 0 Å². The van der Waals surface area contributed by atoms with Crippen molar-refractivity contribution in [1.82, 2.24) is 24.6 Å². The molecule has 0 saturated carbocycles. The van der Waals surface area contributed by atoms with Gasteiger partial charge < -0.3 is 9.88 Å². The Kier molecular flexibility index (Phi) is 3.58. The van der Waals surface area contributed by atoms with Crippen molar-refractivity contribution in [3.8, 4) is 0 Å². The third-order valence-electron chi connectivity index (χ3n) is 2.91. The molecule has 2 heterocycles. The van der Waals surface area contributed by atoms with Crippen molar-refractivity contribution in [3.63, 3.8) is 0 Å². The van der Waals surface area contributed by atoms with Crippen LogP contribution in [-0.4, -0.2) is 26.4 Å². The first-order chi connectivity index (χ1) is 8.19. The lowest BCUT2D eigenvalue weighted by molar-refractivity contribution is 0.537. The summed E-state index contributed by atoms with van der Waals surface area (Å²) in [5, 5.41) is 7.48. The zero-order valence-corrected chi connectivity index (χ0v) is 10.6. The van der Waals surface area contributed by atoms with E-state index in [-0.39, 0.29) is 0 Å². The molecule has 2 aromatic rings. The van der Waals surface area contributed by atoms with Crippen LogP contribution in [0.1, 0.15) is 23.7 Å². The third kappa shape index (κ3) is 2.94. The maximum Gasteiger partial charge on any atom is 0.0947 e. The molecule has 0 bridgehead atoms. The largest absolute Gasteiger partial charge is 0.340 e. The van der Waals surface area contributed by atoms with E-state index < -0.39 is 0 Å². The van der Waals surface area contributed by atoms with E-state index in [2.05, 4.69) is 27.8 Å². The Balaban J connectivity index is 1.96. The van der Waals surface area contributed by atoms with Crippen LogP contribution in [0, 0.1) is 0 Å². The van der Waals surface area contributed by atoms with Crippen molar-refractivity contribution in [2.75, 3.05) is 7.05 Å². The molecular weight excluding hydrogens is 214 g/mol. The summed E-state index contributed by atoms with van der Waals surface area (Å²) in [4.78, 5) is 4.38. The SMILES string of the molecule is CNC(CCc1cnn(C)c1)c1cn(C)cn1. The number of aryl methyl sites for hydroxylation is 3. The molecule has 0 aliphatic heterocycles. The normalized spacial score (nSPS) is 12.9. The highest BCUT2D eigenvalue weighted by molar-refractivity contribution is 5.08. The number of hydrogen-bond donors (Lipinski definition) is 1. The molecule has 0 aliphatic rings. The van der Waals surface area contributed by atoms with Gasteiger partial charge in [0, 0.05) is 26.5 Å². The first-order valence-corrected chi connectivity index (χ1v) is 5.81. The summed E-state index contributed by atoms with van der Waals surface area (Å²) in [6, 6.07) is 0.302. The molecule has 5 nitrogen and oxygen atoms in total. The lowest BCUT2D eigenvalue weighted by atomic mass is 10.1. The summed E-state index contributed by atoms with van der Waals surface area (Å²) in [5.74, 6) is 0. The molecular formula is C12H19N5. The van der Waals surface area contributed by atoms with Crippen molar-refractivity contribution < 1.29 is 0 Å². The molecule has 1 atom stereocenters. The minimum atomic E-state index is 0.302. The summed E-state index contributed by atoms with van der Waals surface area (Å²) in [7, 11) is 5.91. The minimum Gasteiger partial charge on any atom is -0.340 e. The standard InChI is InChI=1S/C12H19N5/c1-13-11(12-8-16(2)9-14-12)5-4-10-6-15-17(3)7-10/h6-9,11,13H,4-5H2,1-3H3. The molecule has 0 radical (unpaired) electrons. The van der Waals surface area contributed by atoms with E-state index in [1.807, 2.05) is 42.9 Å². The highest BCUT2D eigenvalue weighted by atomic mass is 15.2. The summed E-state index contributed by atoms with van der Waals surface area (Å²) >= 11 is 0. The van der Waals surface area contributed by atoms with Crippen LogP contribution in [0.15, 0.2) is 24.9 Å². The molecule has 1 unspecified atom stereocenters. The molecule has 0 aromatic carbocycles. The lowest BCUT2D eigenvalue weighted by Gasteiger charge is -2.12. The van der Waals surface area contributed by atoms with E-state index in [4.69, 9.17) is 0 Å². The predicted molar refractivity (Wildman–Crippen MR) is 66.5 cm³/mol. The fraction of sp³-hybridized carbons (Fsp3) is 0.500. The smallest absolute Gasteiger partial charge is 0.0947 e. The Hall–Kier alpha value is -1.62. The number of imidazole rings is 1. The summed E-state index contributed by atoms with van der Waals surface area (Å²) in [6.45, 7) is 0. The summed E-state index contributed by atoms with van der Waals surface area (Å²) < 4.78 is 3.81. The van der Waals surface area contributed by atoms with Crippen LogP contribution in [-0.2, 0) is 20.5 Å². The predicted octanol–water partition coefficient (Wildman–Crippen LogP) is 1.05. The van der Waals surface area contributed by atoms with Gasteiger partial charge in [-0.25, -0.2) is 4.98 Å². The zero-order valence-electron chi connectivity index (χ0n) is 10.6. The van der Waals surface area contributed by atoms with Crippen molar-refractivity contribution in [1.29, 1.82) is 0 Å². The number of aromatic nitrogens is 4. The zero-order chi connectivity index (χ0) is 12.3. The van der Waals surface area contributed by atoms with E-state index in [0.717, 1.165) is 18.5 Å². The van der Waals surface area contributed by atoms with Crippen LogP contribution in [0.3, 0.4) is 0 Å². The number of hydrogen-bond acceptors (Lipinski definition) is 3.